The lowest BCUT2D eigenvalue weighted by Crippen LogP contribution is -2.50. The number of nitrogens with zero attached hydrogens (tertiary/aromatic N) is 4. The number of hydrogen-bond acceptors (Lipinski definition) is 13. The second-order valence-corrected chi connectivity index (χ2v) is 13.0. The summed E-state index contributed by atoms with van der Waals surface area (Å²) < 4.78 is 59.6. The van der Waals surface area contributed by atoms with Gasteiger partial charge in [0.05, 0.1) is 12.9 Å². The number of rotatable bonds is 11. The summed E-state index contributed by atoms with van der Waals surface area (Å²) in [6.45, 7) is 3.31. The third-order valence-electron chi connectivity index (χ3n) is 8.29. The van der Waals surface area contributed by atoms with E-state index in [4.69, 9.17) is 35.4 Å². The molecule has 0 bridgehead atoms. The van der Waals surface area contributed by atoms with Gasteiger partial charge in [-0.15, -0.1) is 6.42 Å². The van der Waals surface area contributed by atoms with Gasteiger partial charge in [-0.3, -0.25) is 13.9 Å². The van der Waals surface area contributed by atoms with Crippen LogP contribution in [0.25, 0.3) is 11.2 Å². The van der Waals surface area contributed by atoms with Crippen molar-refractivity contribution in [1.29, 1.82) is 0 Å². The molecule has 17 heteroatoms. The van der Waals surface area contributed by atoms with Crippen LogP contribution in [-0.2, 0) is 23.4 Å². The summed E-state index contributed by atoms with van der Waals surface area (Å²) in [4.78, 5) is 25.2. The Hall–Kier alpha value is -3.84. The number of esters is 1. The van der Waals surface area contributed by atoms with E-state index >= 15 is 4.39 Å². The number of carbonyl (C=O) groups is 1. The van der Waals surface area contributed by atoms with E-state index < -0.39 is 49.1 Å². The molecule has 6 rings (SSSR count). The number of anilines is 1. The summed E-state index contributed by atoms with van der Waals surface area (Å²) in [5.41, 5.74) is 0.0790. The average molecular weight is 661 g/mol. The predicted molar refractivity (Wildman–Crippen MR) is 159 cm³/mol. The lowest BCUT2D eigenvalue weighted by Gasteiger charge is -2.32. The second-order valence-electron chi connectivity index (χ2n) is 11.4. The third kappa shape index (κ3) is 5.17. The Labute approximate surface area is 263 Å². The summed E-state index contributed by atoms with van der Waals surface area (Å²) in [5.74, 6) is -2.09. The second kappa shape index (κ2) is 11.8. The highest BCUT2D eigenvalue weighted by molar-refractivity contribution is 7.52. The maximum absolute atomic E-state index is 16.5. The highest BCUT2D eigenvalue weighted by Gasteiger charge is 2.97. The average Bonchev–Trinajstić information content (AvgIpc) is 3.27. The van der Waals surface area contributed by atoms with E-state index in [9.17, 15) is 19.6 Å². The monoisotopic (exact) mass is 660 g/mol. The molecule has 3 aromatic rings. The number of nitrogens with one attached hydrogen (secondary N) is 1. The van der Waals surface area contributed by atoms with Crippen molar-refractivity contribution in [1.82, 2.24) is 24.6 Å². The van der Waals surface area contributed by atoms with Crippen molar-refractivity contribution in [3.8, 4) is 24.0 Å². The minimum atomic E-state index is -4.73. The molecular weight excluding hydrogens is 626 g/mol. The van der Waals surface area contributed by atoms with Gasteiger partial charge in [-0.05, 0) is 51.7 Å². The van der Waals surface area contributed by atoms with E-state index in [-0.39, 0.29) is 41.5 Å². The molecule has 15 nitrogen and oxygen atoms in total. The van der Waals surface area contributed by atoms with Crippen molar-refractivity contribution >= 4 is 30.8 Å². The van der Waals surface area contributed by atoms with Gasteiger partial charge in [0.15, 0.2) is 23.5 Å². The van der Waals surface area contributed by atoms with E-state index in [1.807, 2.05) is 5.92 Å². The summed E-state index contributed by atoms with van der Waals surface area (Å²) in [5, 5.41) is 25.7. The molecule has 3 heterocycles. The van der Waals surface area contributed by atoms with E-state index in [1.165, 1.54) is 19.1 Å². The first kappa shape index (κ1) is 32.1. The number of terminal acetylenes is 1. The van der Waals surface area contributed by atoms with E-state index in [0.29, 0.717) is 12.8 Å². The largest absolute Gasteiger partial charge is 0.476 e. The van der Waals surface area contributed by atoms with Crippen LogP contribution in [0.2, 0.25) is 0 Å². The normalized spacial score (nSPS) is 31.0. The van der Waals surface area contributed by atoms with Crippen molar-refractivity contribution in [3.63, 3.8) is 0 Å². The number of carbonyl (C=O) groups excluding carboxylic acids is 1. The van der Waals surface area contributed by atoms with E-state index in [2.05, 4.69) is 20.0 Å². The number of halogens is 1. The molecule has 0 spiro atoms. The highest BCUT2D eigenvalue weighted by Crippen LogP contribution is 2.72. The lowest BCUT2D eigenvalue weighted by atomic mass is 9.93. The number of alkyl halides is 1. The van der Waals surface area contributed by atoms with Crippen LogP contribution in [-0.4, -0.2) is 77.6 Å². The standard InChI is InChI=1S/C29H34FN6O9P/c1-4-27(38)25(36-16-32-20-21(36)33-26(31)34-22(20)41-5-2)43-29(30)24(28(27,29)39)45-46(40,44-19-14-10-7-11-15-19)35-17(3)23(37)42-18-12-8-6-9-13-18/h1,7,10-11,14-18,24-25,38-39H,5-6,8-9,12-13H2,2-3H3,(H,35,40)(H2,31,33,34)/t17?,24?,25-,27+,28+,29-,46+/m1/s1. The Morgan fingerprint density at radius 3 is 2.67 bits per heavy atom. The smallest absolute Gasteiger partial charge is 0.460 e. The Bertz CT molecular complexity index is 1720. The van der Waals surface area contributed by atoms with Crippen LogP contribution in [0.3, 0.4) is 0 Å². The molecule has 5 N–H and O–H groups in total. The van der Waals surface area contributed by atoms with Crippen molar-refractivity contribution in [2.75, 3.05) is 12.3 Å². The quantitative estimate of drug-likeness (QED) is 0.133. The molecule has 3 fully saturated rings. The van der Waals surface area contributed by atoms with Crippen LogP contribution in [0, 0.1) is 12.3 Å². The number of aliphatic hydroxyl groups is 2. The zero-order chi connectivity index (χ0) is 32.9. The number of hydrogen-bond donors (Lipinski definition) is 4. The lowest BCUT2D eigenvalue weighted by molar-refractivity contribution is -0.165. The maximum atomic E-state index is 16.5. The Balaban J connectivity index is 1.28. The number of aromatic nitrogens is 4. The summed E-state index contributed by atoms with van der Waals surface area (Å²) >= 11 is 0. The fourth-order valence-corrected chi connectivity index (χ4v) is 7.59. The van der Waals surface area contributed by atoms with Crippen LogP contribution >= 0.6 is 7.75 Å². The first-order valence-electron chi connectivity index (χ1n) is 14.8. The number of benzene rings is 1. The molecular formula is C29H34FN6O9P. The van der Waals surface area contributed by atoms with Crippen molar-refractivity contribution in [2.24, 2.45) is 0 Å². The van der Waals surface area contributed by atoms with Gasteiger partial charge in [0, 0.05) is 0 Å². The molecule has 246 valence electrons. The molecule has 2 unspecified atom stereocenters. The number of para-hydroxylation sites is 1. The van der Waals surface area contributed by atoms with Gasteiger partial charge in [-0.1, -0.05) is 30.5 Å². The minimum absolute atomic E-state index is 0.0206. The van der Waals surface area contributed by atoms with Crippen LogP contribution in [0.1, 0.15) is 52.2 Å². The van der Waals surface area contributed by atoms with Crippen molar-refractivity contribution in [2.45, 2.75) is 87.5 Å². The Kier molecular flexibility index (Phi) is 8.20. The number of nitrogen functional groups attached to an aromatic ring is 1. The summed E-state index contributed by atoms with van der Waals surface area (Å²) in [6, 6.07) is 6.51. The van der Waals surface area contributed by atoms with Gasteiger partial charge in [-0.2, -0.15) is 15.1 Å². The first-order valence-corrected chi connectivity index (χ1v) is 16.4. The van der Waals surface area contributed by atoms with E-state index in [0.717, 1.165) is 30.2 Å². The fourth-order valence-electron chi connectivity index (χ4n) is 5.89. The summed E-state index contributed by atoms with van der Waals surface area (Å²) in [6.07, 6.45) is 6.85. The molecule has 0 amide bonds. The molecule has 2 aromatic heterocycles. The summed E-state index contributed by atoms with van der Waals surface area (Å²) in [7, 11) is -4.73. The Morgan fingerprint density at radius 2 is 2.00 bits per heavy atom. The van der Waals surface area contributed by atoms with Gasteiger partial charge >= 0.3 is 13.7 Å². The highest BCUT2D eigenvalue weighted by atomic mass is 31.2. The number of fused-ring (bicyclic) bond motifs is 2. The predicted octanol–water partition coefficient (Wildman–Crippen LogP) is 2.54. The van der Waals surface area contributed by atoms with Gasteiger partial charge < -0.3 is 34.7 Å². The van der Waals surface area contributed by atoms with Gasteiger partial charge in [-0.25, -0.2) is 13.9 Å². The molecule has 3 aliphatic rings. The van der Waals surface area contributed by atoms with Crippen molar-refractivity contribution < 1.29 is 47.2 Å². The molecule has 1 aliphatic heterocycles. The fraction of sp³-hybridized carbons (Fsp3) is 0.517. The van der Waals surface area contributed by atoms with Crippen LogP contribution in [0.4, 0.5) is 10.3 Å². The molecule has 2 aliphatic carbocycles. The number of nitrogens with two attached hydrogens (primary N) is 1. The van der Waals surface area contributed by atoms with Crippen LogP contribution in [0.15, 0.2) is 36.7 Å². The third-order valence-corrected chi connectivity index (χ3v) is 9.93. The van der Waals surface area contributed by atoms with Gasteiger partial charge in [0.25, 0.3) is 5.85 Å². The van der Waals surface area contributed by atoms with Crippen LogP contribution in [0.5, 0.6) is 11.6 Å². The van der Waals surface area contributed by atoms with Gasteiger partial charge in [0.1, 0.15) is 17.9 Å². The molecule has 0 radical (unpaired) electrons. The number of ether oxygens (including phenoxy) is 3. The topological polar surface area (TPSA) is 202 Å². The first-order chi connectivity index (χ1) is 21.9. The minimum Gasteiger partial charge on any atom is -0.476 e. The van der Waals surface area contributed by atoms with E-state index in [1.54, 1.807) is 25.1 Å². The molecule has 46 heavy (non-hydrogen) atoms. The molecule has 1 aromatic carbocycles. The SMILES string of the molecule is C#C[C@]1(O)[C@H](n2cnc3c(OCC)nc(N)nc32)O[C@]2(F)C(O[P@](=O)(NC(C)C(=O)OC3CCCCC3)Oc3ccccc3)[C@@]21O. The van der Waals surface area contributed by atoms with Crippen LogP contribution < -0.4 is 20.1 Å². The zero-order valence-electron chi connectivity index (χ0n) is 25.0. The Morgan fingerprint density at radius 1 is 1.28 bits per heavy atom. The molecule has 7 atom stereocenters. The molecule has 1 saturated heterocycles. The maximum Gasteiger partial charge on any atom is 0.460 e. The zero-order valence-corrected chi connectivity index (χ0v) is 25.9. The van der Waals surface area contributed by atoms with Gasteiger partial charge in [0.2, 0.25) is 23.0 Å². The number of imidazole rings is 1. The van der Waals surface area contributed by atoms with Crippen molar-refractivity contribution in [3.05, 3.63) is 36.7 Å². The molecule has 2 saturated carbocycles.